The van der Waals surface area contributed by atoms with Crippen LogP contribution in [0.25, 0.3) is 0 Å². The van der Waals surface area contributed by atoms with Crippen molar-refractivity contribution in [1.82, 2.24) is 10.3 Å². The Hall–Kier alpha value is -1.33. The molecule has 94 valence electrons. The van der Waals surface area contributed by atoms with E-state index in [1.54, 1.807) is 7.11 Å². The predicted molar refractivity (Wildman–Crippen MR) is 69.7 cm³/mol. The summed E-state index contributed by atoms with van der Waals surface area (Å²) in [5.41, 5.74) is 1.23. The summed E-state index contributed by atoms with van der Waals surface area (Å²) >= 11 is 0. The van der Waals surface area contributed by atoms with E-state index in [2.05, 4.69) is 26.6 Å². The van der Waals surface area contributed by atoms with Gasteiger partial charge in [0.25, 0.3) is 0 Å². The van der Waals surface area contributed by atoms with Gasteiger partial charge in [-0.15, -0.1) is 0 Å². The van der Waals surface area contributed by atoms with Gasteiger partial charge < -0.3 is 20.3 Å². The monoisotopic (exact) mass is 236 g/mol. The summed E-state index contributed by atoms with van der Waals surface area (Å²) < 4.78 is 4.99. The van der Waals surface area contributed by atoms with Gasteiger partial charge in [0.05, 0.1) is 6.61 Å². The smallest absolute Gasteiger partial charge is 0.128 e. The lowest BCUT2D eigenvalue weighted by atomic mass is 10.1. The van der Waals surface area contributed by atoms with Crippen molar-refractivity contribution < 1.29 is 4.74 Å². The lowest BCUT2D eigenvalue weighted by Gasteiger charge is -2.40. The van der Waals surface area contributed by atoms with Crippen LogP contribution in [0.1, 0.15) is 0 Å². The summed E-state index contributed by atoms with van der Waals surface area (Å²) in [4.78, 5) is 6.62. The molecular weight excluding hydrogens is 216 g/mol. The topological polar surface area (TPSA) is 49.4 Å². The van der Waals surface area contributed by atoms with E-state index in [1.165, 1.54) is 5.69 Å². The molecule has 1 aliphatic heterocycles. The minimum Gasteiger partial charge on any atom is -0.383 e. The number of likely N-dealkylation sites (N-methyl/N-ethyl adjacent to an activating group) is 1. The highest BCUT2D eigenvalue weighted by Gasteiger charge is 2.25. The quantitative estimate of drug-likeness (QED) is 0.706. The lowest BCUT2D eigenvalue weighted by molar-refractivity contribution is 0.210. The van der Waals surface area contributed by atoms with E-state index >= 15 is 0 Å². The van der Waals surface area contributed by atoms with Crippen LogP contribution in [0.4, 0.5) is 11.5 Å². The fourth-order valence-electron chi connectivity index (χ4n) is 1.87. The van der Waals surface area contributed by atoms with Crippen molar-refractivity contribution in [2.24, 2.45) is 0 Å². The van der Waals surface area contributed by atoms with E-state index in [9.17, 15) is 0 Å². The van der Waals surface area contributed by atoms with E-state index in [4.69, 9.17) is 4.74 Å². The highest BCUT2D eigenvalue weighted by atomic mass is 16.5. The van der Waals surface area contributed by atoms with Crippen molar-refractivity contribution in [3.63, 3.8) is 0 Å². The van der Waals surface area contributed by atoms with E-state index in [1.807, 2.05) is 19.3 Å². The first-order valence-electron chi connectivity index (χ1n) is 5.94. The average molecular weight is 236 g/mol. The summed E-state index contributed by atoms with van der Waals surface area (Å²) in [6.07, 6.45) is 1.84. The number of rotatable bonds is 6. The Morgan fingerprint density at radius 3 is 3.06 bits per heavy atom. The molecule has 2 heterocycles. The summed E-state index contributed by atoms with van der Waals surface area (Å²) in [5.74, 6) is 0.910. The molecule has 1 aromatic heterocycles. The van der Waals surface area contributed by atoms with Gasteiger partial charge in [-0.05, 0) is 13.1 Å². The number of hydrogen-bond donors (Lipinski definition) is 2. The molecule has 0 unspecified atom stereocenters. The largest absolute Gasteiger partial charge is 0.383 e. The summed E-state index contributed by atoms with van der Waals surface area (Å²) in [5, 5.41) is 6.50. The van der Waals surface area contributed by atoms with Crippen LogP contribution in [-0.2, 0) is 4.74 Å². The maximum Gasteiger partial charge on any atom is 0.128 e. The highest BCUT2D eigenvalue weighted by Crippen LogP contribution is 2.22. The third-order valence-corrected chi connectivity index (χ3v) is 3.01. The molecule has 0 amide bonds. The maximum atomic E-state index is 4.99. The molecular formula is C12H20N4O. The minimum absolute atomic E-state index is 0.619. The standard InChI is InChI=1S/C12H20N4O/c1-13-10-8-16(9-10)11-3-4-14-12(7-11)15-5-6-17-2/h3-4,7,10,13H,5-6,8-9H2,1-2H3,(H,14,15). The lowest BCUT2D eigenvalue weighted by Crippen LogP contribution is -2.57. The van der Waals surface area contributed by atoms with Crippen molar-refractivity contribution in [1.29, 1.82) is 0 Å². The van der Waals surface area contributed by atoms with Gasteiger partial charge in [0.2, 0.25) is 0 Å². The van der Waals surface area contributed by atoms with Gasteiger partial charge in [-0.25, -0.2) is 4.98 Å². The van der Waals surface area contributed by atoms with Crippen LogP contribution in [0.2, 0.25) is 0 Å². The Kier molecular flexibility index (Phi) is 4.17. The summed E-state index contributed by atoms with van der Waals surface area (Å²) in [7, 11) is 3.70. The molecule has 2 rings (SSSR count). The van der Waals surface area contributed by atoms with Crippen LogP contribution < -0.4 is 15.5 Å². The van der Waals surface area contributed by atoms with Crippen molar-refractivity contribution in [3.8, 4) is 0 Å². The zero-order valence-corrected chi connectivity index (χ0v) is 10.4. The Balaban J connectivity index is 1.88. The van der Waals surface area contributed by atoms with Gasteiger partial charge in [-0.1, -0.05) is 0 Å². The van der Waals surface area contributed by atoms with Crippen LogP contribution >= 0.6 is 0 Å². The van der Waals surface area contributed by atoms with Gasteiger partial charge in [-0.3, -0.25) is 0 Å². The molecule has 0 aromatic carbocycles. The fourth-order valence-corrected chi connectivity index (χ4v) is 1.87. The molecule has 0 radical (unpaired) electrons. The number of ether oxygens (including phenoxy) is 1. The summed E-state index contributed by atoms with van der Waals surface area (Å²) in [6, 6.07) is 4.75. The zero-order valence-electron chi connectivity index (χ0n) is 10.4. The molecule has 17 heavy (non-hydrogen) atoms. The van der Waals surface area contributed by atoms with E-state index in [-0.39, 0.29) is 0 Å². The van der Waals surface area contributed by atoms with E-state index < -0.39 is 0 Å². The second-order valence-electron chi connectivity index (χ2n) is 4.21. The molecule has 0 spiro atoms. The third-order valence-electron chi connectivity index (χ3n) is 3.01. The maximum absolute atomic E-state index is 4.99. The van der Waals surface area contributed by atoms with Crippen molar-refractivity contribution in [2.45, 2.75) is 6.04 Å². The Morgan fingerprint density at radius 1 is 1.53 bits per heavy atom. The van der Waals surface area contributed by atoms with Crippen molar-refractivity contribution in [2.75, 3.05) is 50.6 Å². The number of methoxy groups -OCH3 is 1. The number of nitrogens with zero attached hydrogens (tertiary/aromatic N) is 2. The zero-order chi connectivity index (χ0) is 12.1. The molecule has 0 atom stereocenters. The number of anilines is 2. The average Bonchev–Trinajstić information content (AvgIpc) is 2.29. The van der Waals surface area contributed by atoms with E-state index in [0.717, 1.165) is 25.5 Å². The number of hydrogen-bond acceptors (Lipinski definition) is 5. The second kappa shape index (κ2) is 5.84. The van der Waals surface area contributed by atoms with Crippen LogP contribution in [0.3, 0.4) is 0 Å². The van der Waals surface area contributed by atoms with E-state index in [0.29, 0.717) is 12.6 Å². The second-order valence-corrected chi connectivity index (χ2v) is 4.21. The van der Waals surface area contributed by atoms with Crippen molar-refractivity contribution >= 4 is 11.5 Å². The molecule has 0 bridgehead atoms. The van der Waals surface area contributed by atoms with Gasteiger partial charge in [-0.2, -0.15) is 0 Å². The molecule has 0 saturated carbocycles. The molecule has 1 fully saturated rings. The van der Waals surface area contributed by atoms with Crippen LogP contribution in [0, 0.1) is 0 Å². The van der Waals surface area contributed by atoms with Gasteiger partial charge in [0.1, 0.15) is 5.82 Å². The van der Waals surface area contributed by atoms with Crippen molar-refractivity contribution in [3.05, 3.63) is 18.3 Å². The van der Waals surface area contributed by atoms with Gasteiger partial charge in [0.15, 0.2) is 0 Å². The van der Waals surface area contributed by atoms with Crippen LogP contribution in [0.5, 0.6) is 0 Å². The molecule has 0 aliphatic carbocycles. The molecule has 1 aliphatic rings. The predicted octanol–water partition coefficient (Wildman–Crippen LogP) is 0.548. The number of pyridine rings is 1. The Labute approximate surface area is 102 Å². The third kappa shape index (κ3) is 3.08. The first-order chi connectivity index (χ1) is 8.33. The molecule has 5 nitrogen and oxygen atoms in total. The SMILES string of the molecule is CNC1CN(c2ccnc(NCCOC)c2)C1. The fraction of sp³-hybridized carbons (Fsp3) is 0.583. The number of aromatic nitrogens is 1. The first-order valence-corrected chi connectivity index (χ1v) is 5.94. The molecule has 1 aromatic rings. The van der Waals surface area contributed by atoms with Crippen LogP contribution in [-0.4, -0.2) is 51.4 Å². The van der Waals surface area contributed by atoms with Gasteiger partial charge in [0, 0.05) is 50.7 Å². The Morgan fingerprint density at radius 2 is 2.35 bits per heavy atom. The van der Waals surface area contributed by atoms with Gasteiger partial charge >= 0.3 is 0 Å². The number of nitrogens with one attached hydrogen (secondary N) is 2. The first kappa shape index (κ1) is 12.1. The molecule has 1 saturated heterocycles. The molecule has 5 heteroatoms. The van der Waals surface area contributed by atoms with Crippen LogP contribution in [0.15, 0.2) is 18.3 Å². The normalized spacial score (nSPS) is 15.8. The summed E-state index contributed by atoms with van der Waals surface area (Å²) in [6.45, 7) is 3.61. The highest BCUT2D eigenvalue weighted by molar-refractivity contribution is 5.55. The molecule has 2 N–H and O–H groups in total. The Bertz CT molecular complexity index is 352. The minimum atomic E-state index is 0.619.